The molecule has 0 saturated carbocycles. The predicted molar refractivity (Wildman–Crippen MR) is 102 cm³/mol. The fourth-order valence-electron chi connectivity index (χ4n) is 3.88. The van der Waals surface area contributed by atoms with Crippen molar-refractivity contribution in [2.75, 3.05) is 13.7 Å². The molecule has 2 aliphatic heterocycles. The van der Waals surface area contributed by atoms with Gasteiger partial charge in [0.2, 0.25) is 0 Å². The van der Waals surface area contributed by atoms with Crippen molar-refractivity contribution in [1.29, 1.82) is 0 Å². The molecule has 3 N–H and O–H groups in total. The summed E-state index contributed by atoms with van der Waals surface area (Å²) in [5.41, 5.74) is 0.525. The Morgan fingerprint density at radius 3 is 2.52 bits per heavy atom. The zero-order chi connectivity index (χ0) is 19.4. The Morgan fingerprint density at radius 1 is 1.19 bits per heavy atom. The highest BCUT2D eigenvalue weighted by Crippen LogP contribution is 2.29. The summed E-state index contributed by atoms with van der Waals surface area (Å²) in [6, 6.07) is 6.33. The Labute approximate surface area is 160 Å². The molecule has 2 bridgehead atoms. The second-order valence-electron chi connectivity index (χ2n) is 7.66. The molecule has 27 heavy (non-hydrogen) atoms. The van der Waals surface area contributed by atoms with Crippen LogP contribution in [0.25, 0.3) is 0 Å². The van der Waals surface area contributed by atoms with Crippen LogP contribution in [0.15, 0.2) is 18.2 Å². The molecule has 2 aliphatic rings. The summed E-state index contributed by atoms with van der Waals surface area (Å²) in [5.74, 6) is 0.566. The Hall–Kier alpha value is -2.28. The van der Waals surface area contributed by atoms with E-state index in [4.69, 9.17) is 9.47 Å². The molecule has 1 aromatic rings. The molecule has 7 heteroatoms. The number of hydrogen-bond donors (Lipinski definition) is 3. The lowest BCUT2D eigenvalue weighted by atomic mass is 9.99. The van der Waals surface area contributed by atoms with Crippen molar-refractivity contribution in [3.63, 3.8) is 0 Å². The third-order valence-corrected chi connectivity index (χ3v) is 5.04. The first-order valence-corrected chi connectivity index (χ1v) is 9.61. The number of benzene rings is 1. The molecule has 3 rings (SSSR count). The lowest BCUT2D eigenvalue weighted by Crippen LogP contribution is -2.48. The molecule has 2 fully saturated rings. The molecule has 2 heterocycles. The predicted octanol–water partition coefficient (Wildman–Crippen LogP) is 1.61. The van der Waals surface area contributed by atoms with E-state index in [0.717, 1.165) is 12.8 Å². The maximum Gasteiger partial charge on any atom is 0.258 e. The third kappa shape index (κ3) is 5.13. The first-order chi connectivity index (χ1) is 12.9. The summed E-state index contributed by atoms with van der Waals surface area (Å²) < 4.78 is 10.9. The van der Waals surface area contributed by atoms with Gasteiger partial charge in [-0.25, -0.2) is 0 Å². The van der Waals surface area contributed by atoms with Gasteiger partial charge in [-0.05, 0) is 57.7 Å². The van der Waals surface area contributed by atoms with Crippen molar-refractivity contribution in [2.24, 2.45) is 0 Å². The van der Waals surface area contributed by atoms with Gasteiger partial charge in [-0.3, -0.25) is 9.59 Å². The number of piperidine rings is 1. The monoisotopic (exact) mass is 375 g/mol. The van der Waals surface area contributed by atoms with Crippen LogP contribution in [0.4, 0.5) is 0 Å². The molecule has 2 amide bonds. The van der Waals surface area contributed by atoms with Crippen molar-refractivity contribution in [3.8, 4) is 11.5 Å². The summed E-state index contributed by atoms with van der Waals surface area (Å²) in [4.78, 5) is 24.4. The average Bonchev–Trinajstić information content (AvgIpc) is 2.97. The summed E-state index contributed by atoms with van der Waals surface area (Å²) in [6.45, 7) is 3.68. The maximum atomic E-state index is 12.6. The molecule has 2 unspecified atom stereocenters. The second kappa shape index (κ2) is 8.61. The van der Waals surface area contributed by atoms with Crippen molar-refractivity contribution in [2.45, 2.75) is 63.7 Å². The van der Waals surface area contributed by atoms with Crippen LogP contribution in [0.5, 0.6) is 11.5 Å². The largest absolute Gasteiger partial charge is 0.493 e. The topological polar surface area (TPSA) is 88.7 Å². The van der Waals surface area contributed by atoms with Gasteiger partial charge in [-0.1, -0.05) is 0 Å². The number of amides is 2. The number of rotatable bonds is 7. The van der Waals surface area contributed by atoms with Gasteiger partial charge in [0.05, 0.1) is 7.11 Å². The van der Waals surface area contributed by atoms with Crippen molar-refractivity contribution >= 4 is 11.8 Å². The Bertz CT molecular complexity index is 680. The zero-order valence-electron chi connectivity index (χ0n) is 16.2. The SMILES string of the molecule is COc1cc(C(=O)NC2CC3CCC(C2)N3)ccc1OCC(=O)NC(C)C. The number of hydrogen-bond acceptors (Lipinski definition) is 5. The highest BCUT2D eigenvalue weighted by molar-refractivity contribution is 5.95. The van der Waals surface area contributed by atoms with Gasteiger partial charge < -0.3 is 25.4 Å². The zero-order valence-corrected chi connectivity index (χ0v) is 16.2. The van der Waals surface area contributed by atoms with Crippen molar-refractivity contribution in [1.82, 2.24) is 16.0 Å². The van der Waals surface area contributed by atoms with Crippen molar-refractivity contribution in [3.05, 3.63) is 23.8 Å². The van der Waals surface area contributed by atoms with E-state index in [-0.39, 0.29) is 30.5 Å². The fraction of sp³-hybridized carbons (Fsp3) is 0.600. The second-order valence-corrected chi connectivity index (χ2v) is 7.66. The van der Waals surface area contributed by atoms with Crippen LogP contribution < -0.4 is 25.4 Å². The third-order valence-electron chi connectivity index (χ3n) is 5.04. The average molecular weight is 375 g/mol. The Morgan fingerprint density at radius 2 is 1.89 bits per heavy atom. The van der Waals surface area contributed by atoms with E-state index < -0.39 is 0 Å². The summed E-state index contributed by atoms with van der Waals surface area (Å²) in [7, 11) is 1.52. The van der Waals surface area contributed by atoms with E-state index in [0.29, 0.717) is 29.1 Å². The molecule has 1 aromatic carbocycles. The molecule has 2 saturated heterocycles. The molecule has 148 valence electrons. The Balaban J connectivity index is 1.59. The molecule has 0 spiro atoms. The van der Waals surface area contributed by atoms with E-state index in [1.165, 1.54) is 20.0 Å². The first-order valence-electron chi connectivity index (χ1n) is 9.61. The molecule has 0 aromatic heterocycles. The van der Waals surface area contributed by atoms with E-state index in [9.17, 15) is 9.59 Å². The standard InChI is InChI=1S/C20H29N3O4/c1-12(2)21-19(24)11-27-17-7-4-13(8-18(17)26-3)20(25)23-16-9-14-5-6-15(10-16)22-14/h4,7-8,12,14-16,22H,5-6,9-11H2,1-3H3,(H,21,24)(H,23,25). The fourth-order valence-corrected chi connectivity index (χ4v) is 3.88. The molecular formula is C20H29N3O4. The lowest BCUT2D eigenvalue weighted by Gasteiger charge is -2.29. The lowest BCUT2D eigenvalue weighted by molar-refractivity contribution is -0.123. The summed E-state index contributed by atoms with van der Waals surface area (Å²) in [6.07, 6.45) is 4.35. The molecular weight excluding hydrogens is 346 g/mol. The first kappa shape index (κ1) is 19.5. The Kier molecular flexibility index (Phi) is 6.21. The normalized spacial score (nSPS) is 23.8. The maximum absolute atomic E-state index is 12.6. The van der Waals surface area contributed by atoms with Crippen LogP contribution in [0.3, 0.4) is 0 Å². The van der Waals surface area contributed by atoms with E-state index in [2.05, 4.69) is 16.0 Å². The van der Waals surface area contributed by atoms with Crippen LogP contribution in [-0.4, -0.2) is 49.7 Å². The smallest absolute Gasteiger partial charge is 0.258 e. The molecule has 7 nitrogen and oxygen atoms in total. The van der Waals surface area contributed by atoms with Crippen molar-refractivity contribution < 1.29 is 19.1 Å². The highest BCUT2D eigenvalue weighted by atomic mass is 16.5. The van der Waals surface area contributed by atoms with Gasteiger partial charge >= 0.3 is 0 Å². The molecule has 2 atom stereocenters. The minimum absolute atomic E-state index is 0.0549. The van der Waals surface area contributed by atoms with Gasteiger partial charge in [0, 0.05) is 29.7 Å². The quantitative estimate of drug-likeness (QED) is 0.674. The van der Waals surface area contributed by atoms with Gasteiger partial charge in [-0.15, -0.1) is 0 Å². The van der Waals surface area contributed by atoms with E-state index in [1.54, 1.807) is 18.2 Å². The van der Waals surface area contributed by atoms with Gasteiger partial charge in [-0.2, -0.15) is 0 Å². The van der Waals surface area contributed by atoms with Gasteiger partial charge in [0.15, 0.2) is 18.1 Å². The molecule has 0 radical (unpaired) electrons. The number of methoxy groups -OCH3 is 1. The van der Waals surface area contributed by atoms with Crippen LogP contribution in [-0.2, 0) is 4.79 Å². The van der Waals surface area contributed by atoms with E-state index >= 15 is 0 Å². The summed E-state index contributed by atoms with van der Waals surface area (Å²) >= 11 is 0. The minimum atomic E-state index is -0.200. The van der Waals surface area contributed by atoms with Gasteiger partial charge in [0.25, 0.3) is 11.8 Å². The number of fused-ring (bicyclic) bond motifs is 2. The number of carbonyl (C=O) groups excluding carboxylic acids is 2. The number of ether oxygens (including phenoxy) is 2. The number of nitrogens with one attached hydrogen (secondary N) is 3. The highest BCUT2D eigenvalue weighted by Gasteiger charge is 2.34. The van der Waals surface area contributed by atoms with Crippen LogP contribution in [0, 0.1) is 0 Å². The van der Waals surface area contributed by atoms with Crippen LogP contribution in [0.1, 0.15) is 49.9 Å². The molecule has 0 aliphatic carbocycles. The van der Waals surface area contributed by atoms with E-state index in [1.807, 2.05) is 13.8 Å². The van der Waals surface area contributed by atoms with Gasteiger partial charge in [0.1, 0.15) is 0 Å². The summed E-state index contributed by atoms with van der Waals surface area (Å²) in [5, 5.41) is 9.48. The minimum Gasteiger partial charge on any atom is -0.493 e. The van der Waals surface area contributed by atoms with Crippen LogP contribution in [0.2, 0.25) is 0 Å². The van der Waals surface area contributed by atoms with Crippen LogP contribution >= 0.6 is 0 Å². The number of carbonyl (C=O) groups is 2.